The average Bonchev–Trinajstić information content (AvgIpc) is 2.25. The first-order valence-corrected chi connectivity index (χ1v) is 5.28. The summed E-state index contributed by atoms with van der Waals surface area (Å²) in [5.74, 6) is 0.654. The Bertz CT molecular complexity index is 285. The molecule has 14 heavy (non-hydrogen) atoms. The SMILES string of the molecule is CCCNc1nnc(CC)c(CC)n1. The third-order valence-corrected chi connectivity index (χ3v) is 2.04. The third kappa shape index (κ3) is 2.65. The second-order valence-electron chi connectivity index (χ2n) is 3.16. The molecule has 0 atom stereocenters. The number of hydrogen-bond acceptors (Lipinski definition) is 4. The van der Waals surface area contributed by atoms with E-state index in [1.54, 1.807) is 0 Å². The van der Waals surface area contributed by atoms with Gasteiger partial charge >= 0.3 is 0 Å². The number of aromatic nitrogens is 3. The molecule has 0 saturated carbocycles. The van der Waals surface area contributed by atoms with Gasteiger partial charge in [0.1, 0.15) is 0 Å². The van der Waals surface area contributed by atoms with Crippen LogP contribution in [0.1, 0.15) is 38.6 Å². The van der Waals surface area contributed by atoms with Gasteiger partial charge < -0.3 is 5.32 Å². The van der Waals surface area contributed by atoms with Gasteiger partial charge in [-0.2, -0.15) is 5.10 Å². The van der Waals surface area contributed by atoms with E-state index in [1.165, 1.54) is 0 Å². The van der Waals surface area contributed by atoms with Crippen molar-refractivity contribution in [2.45, 2.75) is 40.0 Å². The van der Waals surface area contributed by atoms with Gasteiger partial charge in [-0.15, -0.1) is 5.10 Å². The summed E-state index contributed by atoms with van der Waals surface area (Å²) in [6.07, 6.45) is 2.89. The van der Waals surface area contributed by atoms with Crippen LogP contribution in [-0.4, -0.2) is 21.7 Å². The van der Waals surface area contributed by atoms with Gasteiger partial charge in [-0.3, -0.25) is 0 Å². The lowest BCUT2D eigenvalue weighted by Gasteiger charge is -2.06. The molecule has 0 bridgehead atoms. The maximum atomic E-state index is 4.41. The highest BCUT2D eigenvalue weighted by atomic mass is 15.2. The molecule has 0 spiro atoms. The molecular formula is C10H18N4. The average molecular weight is 194 g/mol. The summed E-state index contributed by atoms with van der Waals surface area (Å²) in [6.45, 7) is 7.18. The van der Waals surface area contributed by atoms with Crippen molar-refractivity contribution in [3.63, 3.8) is 0 Å². The van der Waals surface area contributed by atoms with Crippen LogP contribution in [-0.2, 0) is 12.8 Å². The third-order valence-electron chi connectivity index (χ3n) is 2.04. The minimum atomic E-state index is 0.654. The fourth-order valence-corrected chi connectivity index (χ4v) is 1.25. The zero-order valence-electron chi connectivity index (χ0n) is 9.17. The van der Waals surface area contributed by atoms with Crippen molar-refractivity contribution in [3.05, 3.63) is 11.4 Å². The van der Waals surface area contributed by atoms with Crippen molar-refractivity contribution < 1.29 is 0 Å². The highest BCUT2D eigenvalue weighted by Gasteiger charge is 2.04. The molecule has 1 N–H and O–H groups in total. The zero-order chi connectivity index (χ0) is 10.4. The maximum Gasteiger partial charge on any atom is 0.242 e. The van der Waals surface area contributed by atoms with Crippen LogP contribution in [0.25, 0.3) is 0 Å². The van der Waals surface area contributed by atoms with Gasteiger partial charge in [-0.1, -0.05) is 20.8 Å². The van der Waals surface area contributed by atoms with Gasteiger partial charge in [0.2, 0.25) is 5.95 Å². The molecule has 4 heteroatoms. The van der Waals surface area contributed by atoms with Crippen molar-refractivity contribution in [1.29, 1.82) is 0 Å². The van der Waals surface area contributed by atoms with Crippen molar-refractivity contribution in [3.8, 4) is 0 Å². The number of nitrogens with zero attached hydrogens (tertiary/aromatic N) is 3. The Morgan fingerprint density at radius 3 is 2.29 bits per heavy atom. The Labute approximate surface area is 85.2 Å². The fraction of sp³-hybridized carbons (Fsp3) is 0.700. The molecule has 1 aromatic rings. The van der Waals surface area contributed by atoms with E-state index in [-0.39, 0.29) is 0 Å². The molecule has 1 heterocycles. The summed E-state index contributed by atoms with van der Waals surface area (Å²) in [5.41, 5.74) is 2.07. The zero-order valence-corrected chi connectivity index (χ0v) is 9.17. The van der Waals surface area contributed by atoms with Crippen LogP contribution in [0, 0.1) is 0 Å². The highest BCUT2D eigenvalue weighted by Crippen LogP contribution is 2.06. The normalized spacial score (nSPS) is 10.2. The molecule has 0 saturated heterocycles. The molecule has 4 nitrogen and oxygen atoms in total. The van der Waals surface area contributed by atoms with Gasteiger partial charge in [0.25, 0.3) is 0 Å². The minimum Gasteiger partial charge on any atom is -0.353 e. The van der Waals surface area contributed by atoms with Crippen molar-refractivity contribution in [2.75, 3.05) is 11.9 Å². The van der Waals surface area contributed by atoms with Crippen molar-refractivity contribution in [1.82, 2.24) is 15.2 Å². The van der Waals surface area contributed by atoms with E-state index in [4.69, 9.17) is 0 Å². The molecule has 78 valence electrons. The molecule has 0 aliphatic heterocycles. The number of anilines is 1. The number of rotatable bonds is 5. The lowest BCUT2D eigenvalue weighted by atomic mass is 10.2. The predicted octanol–water partition coefficient (Wildman–Crippen LogP) is 1.82. The van der Waals surface area contributed by atoms with E-state index in [0.717, 1.165) is 37.2 Å². The minimum absolute atomic E-state index is 0.654. The van der Waals surface area contributed by atoms with Gasteiger partial charge in [-0.05, 0) is 19.3 Å². The maximum absolute atomic E-state index is 4.41. The molecule has 0 aromatic carbocycles. The van der Waals surface area contributed by atoms with Crippen LogP contribution in [0.15, 0.2) is 0 Å². The van der Waals surface area contributed by atoms with Crippen LogP contribution in [0.4, 0.5) is 5.95 Å². The quantitative estimate of drug-likeness (QED) is 0.776. The summed E-state index contributed by atoms with van der Waals surface area (Å²) in [4.78, 5) is 4.41. The molecule has 1 aromatic heterocycles. The van der Waals surface area contributed by atoms with Gasteiger partial charge in [0, 0.05) is 6.54 Å². The monoisotopic (exact) mass is 194 g/mol. The van der Waals surface area contributed by atoms with E-state index < -0.39 is 0 Å². The molecule has 0 radical (unpaired) electrons. The largest absolute Gasteiger partial charge is 0.353 e. The van der Waals surface area contributed by atoms with Gasteiger partial charge in [-0.25, -0.2) is 4.98 Å². The molecule has 0 amide bonds. The highest BCUT2D eigenvalue weighted by molar-refractivity contribution is 5.25. The van der Waals surface area contributed by atoms with Crippen molar-refractivity contribution >= 4 is 5.95 Å². The Balaban J connectivity index is 2.79. The van der Waals surface area contributed by atoms with Gasteiger partial charge in [0.05, 0.1) is 11.4 Å². The van der Waals surface area contributed by atoms with Gasteiger partial charge in [0.15, 0.2) is 0 Å². The molecular weight excluding hydrogens is 176 g/mol. The number of aryl methyl sites for hydroxylation is 2. The number of nitrogens with one attached hydrogen (secondary N) is 1. The Morgan fingerprint density at radius 2 is 1.71 bits per heavy atom. The topological polar surface area (TPSA) is 50.7 Å². The molecule has 0 aliphatic carbocycles. The van der Waals surface area contributed by atoms with Crippen LogP contribution in [0.5, 0.6) is 0 Å². The van der Waals surface area contributed by atoms with E-state index in [0.29, 0.717) is 5.95 Å². The number of hydrogen-bond donors (Lipinski definition) is 1. The Morgan fingerprint density at radius 1 is 1.00 bits per heavy atom. The summed E-state index contributed by atoms with van der Waals surface area (Å²) in [6, 6.07) is 0. The van der Waals surface area contributed by atoms with E-state index in [2.05, 4.69) is 41.3 Å². The lowest BCUT2D eigenvalue weighted by Crippen LogP contribution is -2.09. The first kappa shape index (κ1) is 10.9. The second kappa shape index (κ2) is 5.52. The Kier molecular flexibility index (Phi) is 4.29. The molecule has 0 unspecified atom stereocenters. The second-order valence-corrected chi connectivity index (χ2v) is 3.16. The predicted molar refractivity (Wildman–Crippen MR) is 57.4 cm³/mol. The molecule has 1 rings (SSSR count). The first-order valence-electron chi connectivity index (χ1n) is 5.28. The van der Waals surface area contributed by atoms with Crippen LogP contribution in [0.3, 0.4) is 0 Å². The first-order chi connectivity index (χ1) is 6.81. The van der Waals surface area contributed by atoms with Crippen LogP contribution in [0.2, 0.25) is 0 Å². The standard InChI is InChI=1S/C10H18N4/c1-4-7-11-10-12-8(5-2)9(6-3)13-14-10/h4-7H2,1-3H3,(H,11,12,14). The summed E-state index contributed by atoms with van der Waals surface area (Å²) in [5, 5.41) is 11.3. The van der Waals surface area contributed by atoms with E-state index in [9.17, 15) is 0 Å². The molecule has 0 aliphatic rings. The van der Waals surface area contributed by atoms with Crippen LogP contribution >= 0.6 is 0 Å². The fourth-order valence-electron chi connectivity index (χ4n) is 1.25. The summed E-state index contributed by atoms with van der Waals surface area (Å²) < 4.78 is 0. The Hall–Kier alpha value is -1.19. The summed E-state index contributed by atoms with van der Waals surface area (Å²) >= 11 is 0. The van der Waals surface area contributed by atoms with Crippen LogP contribution < -0.4 is 5.32 Å². The van der Waals surface area contributed by atoms with E-state index >= 15 is 0 Å². The smallest absolute Gasteiger partial charge is 0.242 e. The molecule has 0 fully saturated rings. The lowest BCUT2D eigenvalue weighted by molar-refractivity contribution is 0.815. The van der Waals surface area contributed by atoms with E-state index in [1.807, 2.05) is 0 Å². The summed E-state index contributed by atoms with van der Waals surface area (Å²) in [7, 11) is 0. The van der Waals surface area contributed by atoms with Crippen molar-refractivity contribution in [2.24, 2.45) is 0 Å².